The van der Waals surface area contributed by atoms with Gasteiger partial charge in [0.15, 0.2) is 16.6 Å². The first-order valence-corrected chi connectivity index (χ1v) is 11.4. The van der Waals surface area contributed by atoms with Crippen molar-refractivity contribution in [1.82, 2.24) is 9.88 Å². The lowest BCUT2D eigenvalue weighted by Crippen LogP contribution is -2.30. The van der Waals surface area contributed by atoms with E-state index in [0.29, 0.717) is 41.8 Å². The number of halogens is 1. The molecular formula is C24H24FN3O4S. The summed E-state index contributed by atoms with van der Waals surface area (Å²) in [6, 6.07) is 11.7. The number of anilines is 1. The van der Waals surface area contributed by atoms with Gasteiger partial charge in [0.25, 0.3) is 0 Å². The number of rotatable bonds is 8. The molecule has 1 aliphatic heterocycles. The minimum absolute atomic E-state index is 0.0400. The summed E-state index contributed by atoms with van der Waals surface area (Å²) in [6.07, 6.45) is 0.821. The number of ether oxygens (including phenoxy) is 2. The predicted octanol–water partition coefficient (Wildman–Crippen LogP) is 4.00. The van der Waals surface area contributed by atoms with E-state index in [-0.39, 0.29) is 24.1 Å². The summed E-state index contributed by atoms with van der Waals surface area (Å²) in [4.78, 5) is 31.3. The van der Waals surface area contributed by atoms with E-state index in [9.17, 15) is 14.0 Å². The Labute approximate surface area is 195 Å². The highest BCUT2D eigenvalue weighted by Crippen LogP contribution is 2.29. The summed E-state index contributed by atoms with van der Waals surface area (Å²) in [5.74, 6) is 0.285. The van der Waals surface area contributed by atoms with Crippen molar-refractivity contribution in [2.75, 3.05) is 32.6 Å². The lowest BCUT2D eigenvalue weighted by atomic mass is 10.1. The fourth-order valence-corrected chi connectivity index (χ4v) is 4.48. The van der Waals surface area contributed by atoms with Crippen LogP contribution in [0.25, 0.3) is 11.3 Å². The number of nitrogens with zero attached hydrogens (tertiary/aromatic N) is 2. The predicted molar refractivity (Wildman–Crippen MR) is 124 cm³/mol. The second-order valence-corrected chi connectivity index (χ2v) is 8.57. The van der Waals surface area contributed by atoms with Gasteiger partial charge in [-0.05, 0) is 48.4 Å². The lowest BCUT2D eigenvalue weighted by molar-refractivity contribution is -0.128. The van der Waals surface area contributed by atoms with Crippen LogP contribution in [0.15, 0.2) is 47.8 Å². The third-order valence-corrected chi connectivity index (χ3v) is 6.34. The van der Waals surface area contributed by atoms with Crippen molar-refractivity contribution in [1.29, 1.82) is 0 Å². The minimum atomic E-state index is -0.430. The maximum atomic E-state index is 13.1. The molecule has 4 rings (SSSR count). The molecule has 1 fully saturated rings. The maximum Gasteiger partial charge on any atom is 0.231 e. The summed E-state index contributed by atoms with van der Waals surface area (Å²) in [5, 5.41) is 5.07. The van der Waals surface area contributed by atoms with Gasteiger partial charge in [-0.1, -0.05) is 6.07 Å². The highest BCUT2D eigenvalue weighted by Gasteiger charge is 2.34. The molecule has 1 N–H and O–H groups in total. The van der Waals surface area contributed by atoms with E-state index in [1.807, 2.05) is 18.2 Å². The third kappa shape index (κ3) is 5.31. The number of hydrogen-bond acceptors (Lipinski definition) is 6. The van der Waals surface area contributed by atoms with Crippen LogP contribution in [0.5, 0.6) is 11.5 Å². The molecule has 0 unspecified atom stereocenters. The molecule has 0 radical (unpaired) electrons. The van der Waals surface area contributed by atoms with E-state index >= 15 is 0 Å². The van der Waals surface area contributed by atoms with Gasteiger partial charge < -0.3 is 19.7 Å². The number of carbonyl (C=O) groups is 2. The molecule has 2 amide bonds. The summed E-state index contributed by atoms with van der Waals surface area (Å²) in [6.45, 7) is 0.887. The number of thiazole rings is 1. The Bertz CT molecular complexity index is 1150. The quantitative estimate of drug-likeness (QED) is 0.540. The van der Waals surface area contributed by atoms with Crippen molar-refractivity contribution in [3.63, 3.8) is 0 Å². The molecule has 1 aliphatic rings. The van der Waals surface area contributed by atoms with Gasteiger partial charge in [0.1, 0.15) is 5.82 Å². The zero-order chi connectivity index (χ0) is 23.4. The first kappa shape index (κ1) is 22.7. The van der Waals surface area contributed by atoms with Gasteiger partial charge in [-0.15, -0.1) is 11.3 Å². The fourth-order valence-electron chi connectivity index (χ4n) is 3.76. The second-order valence-electron chi connectivity index (χ2n) is 7.71. The summed E-state index contributed by atoms with van der Waals surface area (Å²) < 4.78 is 23.7. The highest BCUT2D eigenvalue weighted by molar-refractivity contribution is 7.14. The van der Waals surface area contributed by atoms with Crippen LogP contribution in [0.3, 0.4) is 0 Å². The van der Waals surface area contributed by atoms with Crippen LogP contribution in [0, 0.1) is 11.7 Å². The molecule has 7 nitrogen and oxygen atoms in total. The number of likely N-dealkylation sites (tertiary alicyclic amines) is 1. The molecule has 1 atom stereocenters. The largest absolute Gasteiger partial charge is 0.493 e. The molecule has 172 valence electrons. The molecule has 0 bridgehead atoms. The van der Waals surface area contributed by atoms with Crippen molar-refractivity contribution in [2.45, 2.75) is 12.8 Å². The van der Waals surface area contributed by atoms with Crippen molar-refractivity contribution < 1.29 is 23.5 Å². The SMILES string of the molecule is COc1ccc(CCN2C[C@@H](C(=O)Nc3nc(-c4ccc(F)cc4)cs3)CC2=O)cc1OC. The zero-order valence-corrected chi connectivity index (χ0v) is 19.2. The topological polar surface area (TPSA) is 80.8 Å². The van der Waals surface area contributed by atoms with Crippen LogP contribution in [0.1, 0.15) is 12.0 Å². The second kappa shape index (κ2) is 9.99. The monoisotopic (exact) mass is 469 g/mol. The Hall–Kier alpha value is -3.46. The summed E-state index contributed by atoms with van der Waals surface area (Å²) in [7, 11) is 3.17. The normalized spacial score (nSPS) is 15.5. The van der Waals surface area contributed by atoms with Crippen LogP contribution in [0.4, 0.5) is 9.52 Å². The molecule has 2 heterocycles. The van der Waals surface area contributed by atoms with E-state index in [1.54, 1.807) is 36.6 Å². The average molecular weight is 470 g/mol. The van der Waals surface area contributed by atoms with E-state index in [1.165, 1.54) is 23.5 Å². The molecule has 9 heteroatoms. The minimum Gasteiger partial charge on any atom is -0.493 e. The van der Waals surface area contributed by atoms with Crippen LogP contribution < -0.4 is 14.8 Å². The van der Waals surface area contributed by atoms with E-state index in [2.05, 4.69) is 10.3 Å². The Morgan fingerprint density at radius 2 is 1.94 bits per heavy atom. The highest BCUT2D eigenvalue weighted by atomic mass is 32.1. The van der Waals surface area contributed by atoms with Gasteiger partial charge in [-0.3, -0.25) is 9.59 Å². The van der Waals surface area contributed by atoms with Crippen LogP contribution in [-0.2, 0) is 16.0 Å². The Morgan fingerprint density at radius 3 is 2.67 bits per heavy atom. The van der Waals surface area contributed by atoms with Gasteiger partial charge in [-0.25, -0.2) is 9.37 Å². The molecule has 0 aliphatic carbocycles. The standard InChI is InChI=1S/C24H24FN3O4S/c1-31-20-8-3-15(11-21(20)32-2)9-10-28-13-17(12-22(28)29)23(30)27-24-26-19(14-33-24)16-4-6-18(25)7-5-16/h3-8,11,14,17H,9-10,12-13H2,1-2H3,(H,26,27,30)/t17-/m0/s1. The van der Waals surface area contributed by atoms with Crippen molar-refractivity contribution >= 4 is 28.3 Å². The number of hydrogen-bond donors (Lipinski definition) is 1. The molecule has 3 aromatic rings. The van der Waals surface area contributed by atoms with Crippen LogP contribution >= 0.6 is 11.3 Å². The number of nitrogens with one attached hydrogen (secondary N) is 1. The van der Waals surface area contributed by atoms with Gasteiger partial charge >= 0.3 is 0 Å². The van der Waals surface area contributed by atoms with Gasteiger partial charge in [0, 0.05) is 30.5 Å². The summed E-state index contributed by atoms with van der Waals surface area (Å²) >= 11 is 1.29. The smallest absolute Gasteiger partial charge is 0.231 e. The Kier molecular flexibility index (Phi) is 6.88. The molecule has 1 aromatic heterocycles. The molecule has 0 saturated carbocycles. The molecular weight excluding hydrogens is 445 g/mol. The van der Waals surface area contributed by atoms with E-state index in [0.717, 1.165) is 11.1 Å². The molecule has 2 aromatic carbocycles. The average Bonchev–Trinajstić information content (AvgIpc) is 3.44. The first-order valence-electron chi connectivity index (χ1n) is 10.5. The van der Waals surface area contributed by atoms with Gasteiger partial charge in [0.2, 0.25) is 11.8 Å². The number of aromatic nitrogens is 1. The Balaban J connectivity index is 1.32. The number of benzene rings is 2. The number of methoxy groups -OCH3 is 2. The van der Waals surface area contributed by atoms with Gasteiger partial charge in [-0.2, -0.15) is 0 Å². The number of amides is 2. The zero-order valence-electron chi connectivity index (χ0n) is 18.3. The van der Waals surface area contributed by atoms with Gasteiger partial charge in [0.05, 0.1) is 25.8 Å². The maximum absolute atomic E-state index is 13.1. The van der Waals surface area contributed by atoms with E-state index < -0.39 is 5.92 Å². The molecule has 1 saturated heterocycles. The van der Waals surface area contributed by atoms with Crippen molar-refractivity contribution in [3.8, 4) is 22.8 Å². The molecule has 0 spiro atoms. The fraction of sp³-hybridized carbons (Fsp3) is 0.292. The van der Waals surface area contributed by atoms with Crippen molar-refractivity contribution in [2.24, 2.45) is 5.92 Å². The van der Waals surface area contributed by atoms with E-state index in [4.69, 9.17) is 9.47 Å². The molecule has 33 heavy (non-hydrogen) atoms. The van der Waals surface area contributed by atoms with Crippen LogP contribution in [-0.4, -0.2) is 49.0 Å². The first-order chi connectivity index (χ1) is 16.0. The van der Waals surface area contributed by atoms with Crippen LogP contribution in [0.2, 0.25) is 0 Å². The number of carbonyl (C=O) groups excluding carboxylic acids is 2. The summed E-state index contributed by atoms with van der Waals surface area (Å²) in [5.41, 5.74) is 2.45. The lowest BCUT2D eigenvalue weighted by Gasteiger charge is -2.17. The Morgan fingerprint density at radius 1 is 1.18 bits per heavy atom. The third-order valence-electron chi connectivity index (χ3n) is 5.58. The van der Waals surface area contributed by atoms with Crippen molar-refractivity contribution in [3.05, 3.63) is 59.2 Å².